The van der Waals surface area contributed by atoms with E-state index in [4.69, 9.17) is 0 Å². The number of hydrogen-bond donors (Lipinski definition) is 4. The van der Waals surface area contributed by atoms with E-state index in [1.807, 2.05) is 0 Å². The van der Waals surface area contributed by atoms with Gasteiger partial charge in [0.15, 0.2) is 10.3 Å². The first-order chi connectivity index (χ1) is 8.94. The van der Waals surface area contributed by atoms with Crippen molar-refractivity contribution in [3.8, 4) is 0 Å². The molecule has 0 fully saturated rings. The van der Waals surface area contributed by atoms with Crippen LogP contribution < -0.4 is 69.2 Å². The van der Waals surface area contributed by atoms with Gasteiger partial charge in [-0.2, -0.15) is 0 Å². The first-order valence-corrected chi connectivity index (χ1v) is 8.03. The molecule has 15 heteroatoms. The molecule has 0 amide bonds. The quantitative estimate of drug-likeness (QED) is 0.160. The molecule has 122 valence electrons. The number of hydrogen-bond acceptors (Lipinski definition) is 10. The molecule has 0 saturated carbocycles. The average molecular weight is 382 g/mol. The molecule has 0 radical (unpaired) electrons. The number of rotatable bonds is 10. The summed E-state index contributed by atoms with van der Waals surface area (Å²) in [5.41, 5.74) is 0. The molecular weight excluding hydrogens is 366 g/mol. The molecule has 0 aliphatic rings. The van der Waals surface area contributed by atoms with Crippen LogP contribution in [0.15, 0.2) is 0 Å². The van der Waals surface area contributed by atoms with Crippen LogP contribution in [0.3, 0.4) is 0 Å². The van der Waals surface area contributed by atoms with Crippen molar-refractivity contribution in [1.29, 1.82) is 0 Å². The summed E-state index contributed by atoms with van der Waals surface area (Å²) in [6.45, 7) is -1.00. The molecule has 0 spiro atoms. The van der Waals surface area contributed by atoms with Gasteiger partial charge in [0.1, 0.15) is 0 Å². The van der Waals surface area contributed by atoms with Gasteiger partial charge in [-0.05, 0) is 7.05 Å². The minimum atomic E-state index is -4.98. The molecule has 3 atom stereocenters. The molecular formula is C7H16N2Na2O9S2. The van der Waals surface area contributed by atoms with Crippen molar-refractivity contribution in [3.05, 3.63) is 0 Å². The van der Waals surface area contributed by atoms with Crippen LogP contribution >= 0.6 is 0 Å². The van der Waals surface area contributed by atoms with Crippen LogP contribution in [-0.4, -0.2) is 74.6 Å². The summed E-state index contributed by atoms with van der Waals surface area (Å²) in [7, 11) is -8.37. The molecule has 0 aromatic heterocycles. The maximum absolute atomic E-state index is 10.6. The number of aliphatic hydroxyl groups excluding tert-OH is 2. The summed E-state index contributed by atoms with van der Waals surface area (Å²) in [4.78, 5) is 0. The van der Waals surface area contributed by atoms with Crippen LogP contribution in [0.2, 0.25) is 0 Å². The minimum absolute atomic E-state index is 0. The SMILES string of the molecule is CNCC(NS(=O)(=O)[O-])C(O)CC(O)COS(=O)(=O)[O-].[Na+].[Na+]. The Balaban J connectivity index is -0.00000180. The van der Waals surface area contributed by atoms with Gasteiger partial charge in [0.25, 0.3) is 0 Å². The zero-order valence-corrected chi connectivity index (χ0v) is 18.1. The van der Waals surface area contributed by atoms with Crippen LogP contribution in [0.5, 0.6) is 0 Å². The van der Waals surface area contributed by atoms with Crippen molar-refractivity contribution >= 4 is 20.7 Å². The summed E-state index contributed by atoms with van der Waals surface area (Å²) in [6.07, 6.45) is -3.55. The molecule has 0 aromatic rings. The second-order valence-electron chi connectivity index (χ2n) is 3.89. The number of aliphatic hydroxyl groups is 2. The van der Waals surface area contributed by atoms with E-state index in [0.717, 1.165) is 0 Å². The molecule has 0 bridgehead atoms. The standard InChI is InChI=1S/C7H18N2O9S2.2Na/c1-8-3-6(9-19(12,13)14)7(11)2-5(10)4-18-20(15,16)17;;/h5-11H,2-4H2,1H3,(H,12,13,14)(H,15,16,17);;/q;2*+1/p-2. The zero-order valence-electron chi connectivity index (χ0n) is 12.4. The second-order valence-corrected chi connectivity index (χ2v) is 6.08. The third-order valence-corrected chi connectivity index (χ3v) is 3.12. The fourth-order valence-corrected chi connectivity index (χ4v) is 2.27. The fourth-order valence-electron chi connectivity index (χ4n) is 1.33. The van der Waals surface area contributed by atoms with Crippen LogP contribution in [0.4, 0.5) is 0 Å². The van der Waals surface area contributed by atoms with Crippen LogP contribution in [0.1, 0.15) is 6.42 Å². The maximum Gasteiger partial charge on any atom is 1.00 e. The Bertz CT molecular complexity index is 486. The Morgan fingerprint density at radius 3 is 2.00 bits per heavy atom. The van der Waals surface area contributed by atoms with Gasteiger partial charge in [-0.1, -0.05) is 0 Å². The van der Waals surface area contributed by atoms with Crippen molar-refractivity contribution in [3.63, 3.8) is 0 Å². The molecule has 3 unspecified atom stereocenters. The molecule has 0 aliphatic heterocycles. The van der Waals surface area contributed by atoms with Crippen molar-refractivity contribution < 1.29 is 99.5 Å². The molecule has 0 aliphatic carbocycles. The molecule has 11 nitrogen and oxygen atoms in total. The van der Waals surface area contributed by atoms with Gasteiger partial charge < -0.3 is 24.6 Å². The second kappa shape index (κ2) is 12.9. The first kappa shape index (κ1) is 28.4. The van der Waals surface area contributed by atoms with E-state index in [9.17, 15) is 36.2 Å². The molecule has 0 heterocycles. The molecule has 0 aromatic carbocycles. The van der Waals surface area contributed by atoms with E-state index in [2.05, 4.69) is 9.50 Å². The topological polar surface area (TPSA) is 188 Å². The molecule has 0 saturated heterocycles. The van der Waals surface area contributed by atoms with E-state index in [0.29, 0.717) is 0 Å². The summed E-state index contributed by atoms with van der Waals surface area (Å²) < 4.78 is 67.5. The normalized spacial score (nSPS) is 16.0. The Labute approximate surface area is 173 Å². The summed E-state index contributed by atoms with van der Waals surface area (Å²) in [5, 5.41) is 21.5. The van der Waals surface area contributed by atoms with Crippen LogP contribution in [-0.2, 0) is 24.9 Å². The predicted molar refractivity (Wildman–Crippen MR) is 62.8 cm³/mol. The summed E-state index contributed by atoms with van der Waals surface area (Å²) in [5.74, 6) is 0. The Hall–Kier alpha value is 1.62. The monoisotopic (exact) mass is 382 g/mol. The van der Waals surface area contributed by atoms with E-state index in [1.54, 1.807) is 4.72 Å². The Kier molecular flexibility index (Phi) is 16.7. The van der Waals surface area contributed by atoms with Gasteiger partial charge in [-0.15, -0.1) is 0 Å². The van der Waals surface area contributed by atoms with Crippen molar-refractivity contribution in [2.45, 2.75) is 24.7 Å². The van der Waals surface area contributed by atoms with Crippen molar-refractivity contribution in [2.24, 2.45) is 0 Å². The van der Waals surface area contributed by atoms with E-state index >= 15 is 0 Å². The number of nitrogens with one attached hydrogen (secondary N) is 2. The predicted octanol–water partition coefficient (Wildman–Crippen LogP) is -9.78. The van der Waals surface area contributed by atoms with Crippen molar-refractivity contribution in [2.75, 3.05) is 20.2 Å². The van der Waals surface area contributed by atoms with Gasteiger partial charge in [-0.25, -0.2) is 21.6 Å². The van der Waals surface area contributed by atoms with Crippen LogP contribution in [0, 0.1) is 0 Å². The van der Waals surface area contributed by atoms with Crippen molar-refractivity contribution in [1.82, 2.24) is 10.0 Å². The smallest absolute Gasteiger partial charge is 0.735 e. The van der Waals surface area contributed by atoms with Gasteiger partial charge in [-0.3, -0.25) is 4.18 Å². The fraction of sp³-hybridized carbons (Fsp3) is 1.00. The van der Waals surface area contributed by atoms with Gasteiger partial charge in [0.05, 0.1) is 24.9 Å². The largest absolute Gasteiger partial charge is 1.00 e. The molecule has 22 heavy (non-hydrogen) atoms. The van der Waals surface area contributed by atoms with E-state index in [-0.39, 0.29) is 65.7 Å². The minimum Gasteiger partial charge on any atom is -0.735 e. The average Bonchev–Trinajstić information content (AvgIpc) is 2.23. The van der Waals surface area contributed by atoms with Gasteiger partial charge in [0, 0.05) is 13.0 Å². The third-order valence-electron chi connectivity index (χ3n) is 2.10. The first-order valence-electron chi connectivity index (χ1n) is 5.28. The number of likely N-dealkylation sites (N-methyl/N-ethyl adjacent to an activating group) is 1. The third kappa shape index (κ3) is 16.5. The Morgan fingerprint density at radius 1 is 1.14 bits per heavy atom. The van der Waals surface area contributed by atoms with E-state index < -0.39 is 52.0 Å². The van der Waals surface area contributed by atoms with E-state index in [1.165, 1.54) is 7.05 Å². The maximum atomic E-state index is 10.6. The molecule has 0 rings (SSSR count). The Morgan fingerprint density at radius 2 is 1.64 bits per heavy atom. The van der Waals surface area contributed by atoms with Gasteiger partial charge >= 0.3 is 59.1 Å². The zero-order chi connectivity index (χ0) is 16.0. The summed E-state index contributed by atoms with van der Waals surface area (Å²) in [6, 6.07) is -1.24. The molecule has 4 N–H and O–H groups in total. The summed E-state index contributed by atoms with van der Waals surface area (Å²) >= 11 is 0. The van der Waals surface area contributed by atoms with Gasteiger partial charge in [0.2, 0.25) is 10.4 Å². The van der Waals surface area contributed by atoms with Crippen LogP contribution in [0.25, 0.3) is 0 Å².